The number of carbonyl (C=O) groups excluding carboxylic acids is 3. The molecule has 115 heavy (non-hydrogen) atoms. The molecular weight excluding hydrogens is 1440 g/mol. The molecule has 18 rings (SSSR count). The Hall–Kier alpha value is -13.1. The maximum atomic E-state index is 11.8. The fraction of sp³-hybridized carbons (Fsp3) is 0.275. The topological polar surface area (TPSA) is 339 Å². The third-order valence-electron chi connectivity index (χ3n) is 22.6. The zero-order valence-electron chi connectivity index (χ0n) is 64.8. The van der Waals surface area contributed by atoms with Gasteiger partial charge in [-0.3, -0.25) is 22.8 Å². The molecule has 0 unspecified atom stereocenters. The highest BCUT2D eigenvalue weighted by molar-refractivity contribution is 5.95. The van der Waals surface area contributed by atoms with Gasteiger partial charge in [0.05, 0.1) is 39.2 Å². The Bertz CT molecular complexity index is 6030. The van der Waals surface area contributed by atoms with E-state index < -0.39 is 5.60 Å². The van der Waals surface area contributed by atoms with Crippen LogP contribution in [0.1, 0.15) is 120 Å². The Morgan fingerprint density at radius 2 is 0.774 bits per heavy atom. The van der Waals surface area contributed by atoms with Gasteiger partial charge in [0, 0.05) is 158 Å². The van der Waals surface area contributed by atoms with E-state index in [0.717, 1.165) is 192 Å². The van der Waals surface area contributed by atoms with Crippen LogP contribution in [0.3, 0.4) is 0 Å². The number of nitrogen functional groups attached to an aromatic ring is 3. The quantitative estimate of drug-likeness (QED) is 0.0340. The van der Waals surface area contributed by atoms with Crippen LogP contribution in [-0.2, 0) is 9.59 Å². The fourth-order valence-corrected chi connectivity index (χ4v) is 16.7. The van der Waals surface area contributed by atoms with Gasteiger partial charge in [0.1, 0.15) is 68.6 Å². The van der Waals surface area contributed by atoms with Gasteiger partial charge in [-0.1, -0.05) is 146 Å². The lowest BCUT2D eigenvalue weighted by Gasteiger charge is -2.43. The molecule has 3 aliphatic rings. The van der Waals surface area contributed by atoms with Crippen LogP contribution >= 0.6 is 0 Å². The number of urea groups is 1. The number of nitrogens with zero attached hydrogens (tertiary/aromatic N) is 12. The van der Waals surface area contributed by atoms with Crippen molar-refractivity contribution in [2.45, 2.75) is 108 Å². The molecule has 0 aliphatic heterocycles. The molecule has 0 bridgehead atoms. The lowest BCUT2D eigenvalue weighted by atomic mass is 9.70. The molecule has 15 aromatic rings. The third kappa shape index (κ3) is 16.7. The number of aliphatic hydroxyl groups is 1. The molecule has 0 spiro atoms. The summed E-state index contributed by atoms with van der Waals surface area (Å²) in [6, 6.07) is 61.7. The standard InChI is InChI=1S/C31H33N7O.C30H31N7O2.C30H30N6O/c1-2-33-31(39)35-19-20-8-10-23(11-9-20)30-37-27(28-29(32)34-16-17-38(28)30)24-13-12-22-14-15-25(36-26(22)18-24)21-6-4-3-5-7-21;1-19(38)33-12-11-32-18-30(39)16-23(17-30)29-36-26(27-28(31)34-13-14-37(27)29)22-8-7-21-9-10-24(35-25(21)15-22)20-5-3-2-4-6-20;1-19(37)33-18-20-7-9-23(10-8-20)30-35-27(28-29(31)32-15-16-36(28)30)24-12-11-22-13-14-25(34-26(22)17-24)21-5-3-2-4-6-21/h3-7,12-18,20,23H,2,8-11,19H2,1H3,(H2,32,34)(H2,33,35,39);2-10,13-15,23,32,39H,11-12,16-18H2,1H3,(H2,31,34)(H,33,38);2-6,11-17,20,23H,7-10,18H2,1H3,(H2,31,32)(H,33,37). The Kier molecular flexibility index (Phi) is 22.3. The first-order valence-corrected chi connectivity index (χ1v) is 39.8. The van der Waals surface area contributed by atoms with Crippen LogP contribution in [0.25, 0.3) is 117 Å². The maximum absolute atomic E-state index is 11.8. The lowest BCUT2D eigenvalue weighted by molar-refractivity contribution is -0.119. The average Bonchev–Trinajstić information content (AvgIpc) is 1.61. The minimum Gasteiger partial charge on any atom is -0.389 e. The normalized spacial score (nSPS) is 18.0. The number of benzene rings is 6. The minimum absolute atomic E-state index is 0.0368. The summed E-state index contributed by atoms with van der Waals surface area (Å²) in [5, 5.41) is 29.0. The Morgan fingerprint density at radius 3 is 1.14 bits per heavy atom. The van der Waals surface area contributed by atoms with Gasteiger partial charge in [-0.2, -0.15) is 0 Å². The molecule has 9 aromatic heterocycles. The first-order chi connectivity index (χ1) is 56.1. The summed E-state index contributed by atoms with van der Waals surface area (Å²) in [5.74, 6) is 5.97. The third-order valence-corrected chi connectivity index (χ3v) is 22.6. The van der Waals surface area contributed by atoms with Gasteiger partial charge in [-0.25, -0.2) is 49.7 Å². The van der Waals surface area contributed by atoms with Gasteiger partial charge >= 0.3 is 6.03 Å². The molecular formula is C91H94N20O4. The molecule has 4 amide bonds. The summed E-state index contributed by atoms with van der Waals surface area (Å²) in [5.41, 5.74) is 34.9. The van der Waals surface area contributed by atoms with Gasteiger partial charge in [0.2, 0.25) is 11.8 Å². The number of hydrogen-bond acceptors (Lipinski definition) is 17. The predicted molar refractivity (Wildman–Crippen MR) is 454 cm³/mol. The number of fused-ring (bicyclic) bond motifs is 6. The molecule has 0 atom stereocenters. The van der Waals surface area contributed by atoms with Crippen molar-refractivity contribution in [3.8, 4) is 67.5 Å². The Morgan fingerprint density at radius 1 is 0.417 bits per heavy atom. The molecule has 0 radical (unpaired) electrons. The zero-order valence-corrected chi connectivity index (χ0v) is 64.8. The van der Waals surface area contributed by atoms with Crippen molar-refractivity contribution in [2.75, 3.05) is 56.5 Å². The number of hydrogen-bond donors (Lipinski definition) is 9. The van der Waals surface area contributed by atoms with E-state index in [-0.39, 0.29) is 23.8 Å². The lowest BCUT2D eigenvalue weighted by Crippen LogP contribution is -2.51. The van der Waals surface area contributed by atoms with Crippen molar-refractivity contribution in [1.29, 1.82) is 0 Å². The molecule has 24 heteroatoms. The van der Waals surface area contributed by atoms with E-state index in [9.17, 15) is 19.5 Å². The van der Waals surface area contributed by atoms with Crippen LogP contribution < -0.4 is 43.8 Å². The number of nitrogens with one attached hydrogen (secondary N) is 5. The summed E-state index contributed by atoms with van der Waals surface area (Å²) in [7, 11) is 0. The van der Waals surface area contributed by atoms with Crippen LogP contribution in [0, 0.1) is 11.8 Å². The predicted octanol–water partition coefficient (Wildman–Crippen LogP) is 14.9. The van der Waals surface area contributed by atoms with Crippen LogP contribution in [0.5, 0.6) is 0 Å². The second-order valence-electron chi connectivity index (χ2n) is 30.6. The highest BCUT2D eigenvalue weighted by atomic mass is 16.3. The Labute approximate surface area is 666 Å². The summed E-state index contributed by atoms with van der Waals surface area (Å²) >= 11 is 0. The van der Waals surface area contributed by atoms with Gasteiger partial charge in [0.25, 0.3) is 0 Å². The van der Waals surface area contributed by atoms with E-state index in [1.54, 1.807) is 25.5 Å². The van der Waals surface area contributed by atoms with Crippen molar-refractivity contribution >= 4 is 84.6 Å². The monoisotopic (exact) mass is 1530 g/mol. The largest absolute Gasteiger partial charge is 0.389 e. The van der Waals surface area contributed by atoms with E-state index in [4.69, 9.17) is 47.1 Å². The summed E-state index contributed by atoms with van der Waals surface area (Å²) < 4.78 is 6.24. The summed E-state index contributed by atoms with van der Waals surface area (Å²) in [6.07, 6.45) is 20.5. The van der Waals surface area contributed by atoms with E-state index in [0.29, 0.717) is 86.7 Å². The second kappa shape index (κ2) is 33.7. The Balaban J connectivity index is 0.000000130. The van der Waals surface area contributed by atoms with E-state index >= 15 is 0 Å². The van der Waals surface area contributed by atoms with E-state index in [1.165, 1.54) is 6.92 Å². The summed E-state index contributed by atoms with van der Waals surface area (Å²) in [6.45, 7) is 8.68. The smallest absolute Gasteiger partial charge is 0.314 e. The van der Waals surface area contributed by atoms with Gasteiger partial charge in [-0.15, -0.1) is 0 Å². The molecule has 3 saturated carbocycles. The summed E-state index contributed by atoms with van der Waals surface area (Å²) in [4.78, 5) is 77.5. The van der Waals surface area contributed by atoms with Crippen LogP contribution in [0.15, 0.2) is 219 Å². The molecule has 582 valence electrons. The van der Waals surface area contributed by atoms with Crippen molar-refractivity contribution < 1.29 is 19.5 Å². The molecule has 3 aliphatic carbocycles. The minimum atomic E-state index is -0.813. The average molecular weight is 1530 g/mol. The van der Waals surface area contributed by atoms with Crippen molar-refractivity contribution in [1.82, 2.24) is 84.6 Å². The maximum Gasteiger partial charge on any atom is 0.314 e. The molecule has 3 fully saturated rings. The number of amides is 4. The van der Waals surface area contributed by atoms with E-state index in [2.05, 4.69) is 166 Å². The number of aromatic nitrogens is 12. The second-order valence-corrected chi connectivity index (χ2v) is 30.6. The highest BCUT2D eigenvalue weighted by Crippen LogP contribution is 2.47. The number of anilines is 3. The number of pyridine rings is 3. The SMILES string of the molecule is CC(=O)NCC1CCC(c2nc(-c3ccc4ccc(-c5ccccc5)nc4c3)c3c(N)nccn23)CC1.CC(=O)NCCNCC1(O)CC(c2nc(-c3ccc4ccc(-c5ccccc5)nc4c3)c3c(N)nccn23)C1.CCNC(=O)NCC1CCC(c2nc(-c3ccc4ccc(-c5ccccc5)nc4c3)c3c(N)nccn23)CC1. The molecule has 24 nitrogen and oxygen atoms in total. The molecule has 12 N–H and O–H groups in total. The highest BCUT2D eigenvalue weighted by Gasteiger charge is 2.45. The number of imidazole rings is 3. The number of carbonyl (C=O) groups is 3. The van der Waals surface area contributed by atoms with E-state index in [1.807, 2.05) is 96.6 Å². The molecule has 9 heterocycles. The van der Waals surface area contributed by atoms with Crippen molar-refractivity contribution in [2.24, 2.45) is 11.8 Å². The first kappa shape index (κ1) is 76.0. The van der Waals surface area contributed by atoms with Crippen LogP contribution in [-0.4, -0.2) is 126 Å². The van der Waals surface area contributed by atoms with Gasteiger partial charge in [-0.05, 0) is 119 Å². The number of nitrogens with two attached hydrogens (primary N) is 3. The molecule has 0 saturated heterocycles. The van der Waals surface area contributed by atoms with Crippen molar-refractivity contribution in [3.05, 3.63) is 237 Å². The fourth-order valence-electron chi connectivity index (χ4n) is 16.7. The van der Waals surface area contributed by atoms with Gasteiger partial charge in [0.15, 0.2) is 0 Å². The zero-order chi connectivity index (χ0) is 79.1. The first-order valence-electron chi connectivity index (χ1n) is 39.8. The van der Waals surface area contributed by atoms with Crippen LogP contribution in [0.4, 0.5) is 22.2 Å². The van der Waals surface area contributed by atoms with Gasteiger partial charge < -0.3 is 48.9 Å². The van der Waals surface area contributed by atoms with Crippen LogP contribution in [0.2, 0.25) is 0 Å². The van der Waals surface area contributed by atoms with Crippen molar-refractivity contribution in [3.63, 3.8) is 0 Å². The number of rotatable bonds is 19. The molecule has 6 aromatic carbocycles.